The van der Waals surface area contributed by atoms with Crippen molar-refractivity contribution in [3.05, 3.63) is 290 Å². The van der Waals surface area contributed by atoms with Gasteiger partial charge in [-0.1, -0.05) is 164 Å². The first-order valence-electron chi connectivity index (χ1n) is 44.1. The summed E-state index contributed by atoms with van der Waals surface area (Å²) in [6.07, 6.45) is -2.71. The molecule has 15 rings (SSSR count). The molecule has 133 heavy (non-hydrogen) atoms. The fraction of sp³-hybridized carbons (Fsp3) is 0.347. The molecule has 6 N–H and O–H groups in total. The number of nitriles is 1. The van der Waals surface area contributed by atoms with Gasteiger partial charge < -0.3 is 82.0 Å². The van der Waals surface area contributed by atoms with E-state index < -0.39 is 101 Å². The van der Waals surface area contributed by atoms with Crippen molar-refractivity contribution in [2.75, 3.05) is 84.6 Å². The Morgan fingerprint density at radius 3 is 1.76 bits per heavy atom. The molecule has 4 aliphatic rings. The van der Waals surface area contributed by atoms with Gasteiger partial charge in [-0.15, -0.1) is 0 Å². The topological polar surface area (TPSA) is 397 Å². The Kier molecular flexibility index (Phi) is 31.8. The molecule has 692 valence electrons. The summed E-state index contributed by atoms with van der Waals surface area (Å²) in [6.45, 7) is 8.09. The zero-order chi connectivity index (χ0) is 93.1. The summed E-state index contributed by atoms with van der Waals surface area (Å²) in [6, 6.07) is 67.0. The number of amides is 5. The van der Waals surface area contributed by atoms with E-state index >= 15 is 0 Å². The number of alkyl carbamates (subject to hydrolysis) is 1. The number of fused-ring (bicyclic) bond motifs is 7. The van der Waals surface area contributed by atoms with E-state index in [0.717, 1.165) is 50.1 Å². The summed E-state index contributed by atoms with van der Waals surface area (Å²) in [7, 11) is 0.354. The zero-order valence-electron chi connectivity index (χ0n) is 74.7. The zero-order valence-corrected chi connectivity index (χ0v) is 76.5. The van der Waals surface area contributed by atoms with E-state index in [1.54, 1.807) is 50.1 Å². The molecule has 0 saturated carbocycles. The lowest BCUT2D eigenvalue weighted by Crippen LogP contribution is -2.38. The quantitative estimate of drug-likeness (QED) is 0.00894. The molecule has 0 bridgehead atoms. The van der Waals surface area contributed by atoms with Gasteiger partial charge in [-0.2, -0.15) is 15.2 Å². The van der Waals surface area contributed by atoms with Crippen LogP contribution >= 0.6 is 17.1 Å². The number of H-pyrrole nitrogens is 1. The SMILES string of the molecule is COc1ccc(C(OCC2OC(n3cnc4c(=O)[nH]c(NC(=O)CCNC(=O)c5ccc(CNC(=O)OCC6c7ccccc7-c7ccccc76)cc5)nc43)CC2OP(OCCC#N)OCC2OC(n3ccc(NC(=O)CCCN(C)C(=O)OCC4c5ccccc5-c5ccccc54)nc3=O)CC2OP(OCCC=N)N(C(C)C)C(C)C)(c2ccccc2)c2ccc(OC)cc2)cc1. The normalized spacial score (nSPS) is 17.2. The van der Waals surface area contributed by atoms with E-state index in [-0.39, 0.29) is 145 Å². The van der Waals surface area contributed by atoms with Crippen LogP contribution in [0, 0.1) is 16.7 Å². The van der Waals surface area contributed by atoms with Gasteiger partial charge in [0.05, 0.1) is 71.7 Å². The molecule has 3 aromatic heterocycles. The van der Waals surface area contributed by atoms with Crippen LogP contribution in [0.15, 0.2) is 228 Å². The van der Waals surface area contributed by atoms with Crippen LogP contribution in [0.2, 0.25) is 0 Å². The third kappa shape index (κ3) is 22.6. The number of carbonyl (C=O) groups is 5. The molecule has 11 aromatic rings. The summed E-state index contributed by atoms with van der Waals surface area (Å²) >= 11 is 0. The lowest BCUT2D eigenvalue weighted by molar-refractivity contribution is -0.117. The van der Waals surface area contributed by atoms with Crippen LogP contribution in [0.25, 0.3) is 33.4 Å². The maximum Gasteiger partial charge on any atom is 0.409 e. The van der Waals surface area contributed by atoms with Crippen LogP contribution in [0.3, 0.4) is 0 Å². The molecule has 2 aliphatic carbocycles. The first-order valence-corrected chi connectivity index (χ1v) is 46.4. The van der Waals surface area contributed by atoms with E-state index in [2.05, 4.69) is 83.4 Å². The summed E-state index contributed by atoms with van der Waals surface area (Å²) in [5, 5.41) is 28.8. The highest BCUT2D eigenvalue weighted by Gasteiger charge is 2.47. The van der Waals surface area contributed by atoms with Crippen molar-refractivity contribution >= 4 is 76.2 Å². The molecule has 0 radical (unpaired) electrons. The van der Waals surface area contributed by atoms with E-state index in [1.165, 1.54) is 34.3 Å². The van der Waals surface area contributed by atoms with Crippen LogP contribution in [0.5, 0.6) is 11.5 Å². The minimum atomic E-state index is -2.53. The number of ether oxygens (including phenoxy) is 7. The van der Waals surface area contributed by atoms with Crippen molar-refractivity contribution in [2.24, 2.45) is 0 Å². The first-order chi connectivity index (χ1) is 64.7. The Bertz CT molecular complexity index is 5920. The molecule has 2 fully saturated rings. The first kappa shape index (κ1) is 94.8. The number of rotatable bonds is 43. The lowest BCUT2D eigenvalue weighted by atomic mass is 9.80. The Morgan fingerprint density at radius 2 is 1.18 bits per heavy atom. The van der Waals surface area contributed by atoms with Crippen molar-refractivity contribution in [3.8, 4) is 39.8 Å². The third-order valence-corrected chi connectivity index (χ3v) is 26.9. The third-order valence-electron chi connectivity index (χ3n) is 23.5. The van der Waals surface area contributed by atoms with Gasteiger partial charge in [0, 0.05) is 94.5 Å². The van der Waals surface area contributed by atoms with Gasteiger partial charge in [-0.25, -0.2) is 24.0 Å². The number of benzene rings is 8. The average molecular weight is 1850 g/mol. The van der Waals surface area contributed by atoms with Crippen molar-refractivity contribution in [3.63, 3.8) is 0 Å². The maximum absolute atomic E-state index is 14.3. The fourth-order valence-corrected chi connectivity index (χ4v) is 20.0. The molecule has 5 heterocycles. The Morgan fingerprint density at radius 1 is 0.624 bits per heavy atom. The average Bonchev–Trinajstić information content (AvgIpc) is 1.76. The molecule has 8 aromatic carbocycles. The largest absolute Gasteiger partial charge is 0.497 e. The second-order valence-corrected chi connectivity index (χ2v) is 35.4. The van der Waals surface area contributed by atoms with Crippen molar-refractivity contribution in [1.29, 1.82) is 10.7 Å². The maximum atomic E-state index is 14.3. The predicted octanol–water partition coefficient (Wildman–Crippen LogP) is 15.7. The number of imidazole rings is 1. The molecule has 8 atom stereocenters. The standard InChI is InChI=1S/C98H106N14O19P2/c1-62(2)112(63(3)4)132(125-52-20-47-99)130-81-54-88(110-51-46-85(105-95(110)117)104-86(113)32-19-50-109(5)97(119)123-58-80-77-30-17-13-26-73(77)74-27-14-18-31-78(74)80)129-84(81)60-127-133(126-53-21-48-100)131-82-55-89(128-83(82)59-124-98(66-22-9-8-10-23-66,67-37-41-69(120-6)42-38-67)68-39-43-70(121-7)44-40-68)111-61-103-90-91(111)107-94(108-93(90)116)106-87(114)45-49-101-92(115)65-35-33-64(34-36-65)56-102-96(118)122-57-79-75-28-15-11-24-71(75)72-25-12-16-29-76(72)79/h8-18,22-31,33-44,46-47,51,61-63,79-84,88-89,99H,19-21,32,45,49-50,52-60H2,1-7H3,(H,101,115)(H,102,118)(H,104,105,113,117)(H2,106,107,108,114,116). The second-order valence-electron chi connectivity index (χ2n) is 32.8. The Hall–Kier alpha value is -12.8. The van der Waals surface area contributed by atoms with Gasteiger partial charge in [-0.05, 0) is 150 Å². The molecule has 5 amide bonds. The molecule has 8 unspecified atom stereocenters. The van der Waals surface area contributed by atoms with Crippen LogP contribution in [-0.4, -0.2) is 185 Å². The van der Waals surface area contributed by atoms with Crippen molar-refractivity contribution < 1.29 is 79.7 Å². The summed E-state index contributed by atoms with van der Waals surface area (Å²) in [5.41, 5.74) is 9.09. The summed E-state index contributed by atoms with van der Waals surface area (Å²) < 4.78 is 83.1. The highest BCUT2D eigenvalue weighted by molar-refractivity contribution is 7.44. The van der Waals surface area contributed by atoms with Crippen LogP contribution in [0.1, 0.15) is 152 Å². The number of nitrogens with one attached hydrogen (secondary N) is 6. The molecule has 33 nitrogen and oxygen atoms in total. The number of hydrogen-bond donors (Lipinski definition) is 6. The number of aromatic amines is 1. The minimum absolute atomic E-state index is 0.0110. The van der Waals surface area contributed by atoms with Gasteiger partial charge in [0.2, 0.25) is 17.8 Å². The number of methoxy groups -OCH3 is 2. The molecule has 0 spiro atoms. The van der Waals surface area contributed by atoms with Gasteiger partial charge in [0.25, 0.3) is 20.0 Å². The van der Waals surface area contributed by atoms with Crippen LogP contribution in [-0.2, 0) is 68.0 Å². The van der Waals surface area contributed by atoms with Gasteiger partial charge in [0.15, 0.2) is 11.2 Å². The molecular weight excluding hydrogens is 1740 g/mol. The second kappa shape index (κ2) is 44.6. The fourth-order valence-electron chi connectivity index (χ4n) is 17.0. The smallest absolute Gasteiger partial charge is 0.409 e. The number of hydrogen-bond acceptors (Lipinski definition) is 25. The number of aromatic nitrogens is 6. The number of anilines is 2. The Balaban J connectivity index is 0.642. The minimum Gasteiger partial charge on any atom is -0.497 e. The van der Waals surface area contributed by atoms with Crippen molar-refractivity contribution in [1.82, 2.24) is 49.3 Å². The predicted molar refractivity (Wildman–Crippen MR) is 499 cm³/mol. The molecule has 2 aliphatic heterocycles. The van der Waals surface area contributed by atoms with E-state index in [4.69, 9.17) is 66.2 Å². The van der Waals surface area contributed by atoms with E-state index in [9.17, 15) is 38.8 Å². The van der Waals surface area contributed by atoms with E-state index in [0.29, 0.717) is 40.2 Å². The van der Waals surface area contributed by atoms with Crippen molar-refractivity contribution in [2.45, 2.75) is 146 Å². The highest BCUT2D eigenvalue weighted by Crippen LogP contribution is 2.54. The molecule has 2 saturated heterocycles. The Labute approximate surface area is 771 Å². The molecular formula is C98H106N14O19P2. The summed E-state index contributed by atoms with van der Waals surface area (Å²) in [4.78, 5) is 113. The van der Waals surface area contributed by atoms with Crippen LogP contribution in [0.4, 0.5) is 21.4 Å². The van der Waals surface area contributed by atoms with E-state index in [1.807, 2.05) is 167 Å². The van der Waals surface area contributed by atoms with Gasteiger partial charge in [0.1, 0.15) is 60.8 Å². The number of carbonyl (C=O) groups excluding carboxylic acids is 5. The van der Waals surface area contributed by atoms with Crippen LogP contribution < -0.4 is 42.0 Å². The highest BCUT2D eigenvalue weighted by atomic mass is 31.2. The monoisotopic (exact) mass is 1840 g/mol. The molecule has 35 heteroatoms. The van der Waals surface area contributed by atoms with Gasteiger partial charge >= 0.3 is 26.5 Å². The summed E-state index contributed by atoms with van der Waals surface area (Å²) in [5.74, 6) is -0.773. The lowest BCUT2D eigenvalue weighted by Gasteiger charge is -2.37. The number of nitrogens with zero attached hydrogens (tertiary/aromatic N) is 8. The van der Waals surface area contributed by atoms with Gasteiger partial charge in [-0.3, -0.25) is 38.6 Å².